The molecule has 0 bridgehead atoms. The molecular formula is C5H8N4O. The van der Waals surface area contributed by atoms with Crippen molar-refractivity contribution < 1.29 is 5.11 Å². The average Bonchev–Trinajstić information content (AvgIpc) is 2.58. The van der Waals surface area contributed by atoms with E-state index in [0.717, 1.165) is 12.8 Å². The fourth-order valence-electron chi connectivity index (χ4n) is 0.950. The summed E-state index contributed by atoms with van der Waals surface area (Å²) in [6.45, 7) is 0.114. The number of hydrogen-bond donors (Lipinski definition) is 1. The van der Waals surface area contributed by atoms with Crippen molar-refractivity contribution in [3.05, 3.63) is 6.33 Å². The molecule has 0 amide bonds. The highest BCUT2D eigenvalue weighted by Crippen LogP contribution is 2.41. The molecule has 1 saturated carbocycles. The summed E-state index contributed by atoms with van der Waals surface area (Å²) in [6.07, 6.45) is 3.30. The number of aliphatic hydroxyl groups is 1. The monoisotopic (exact) mass is 140 g/mol. The second-order valence-corrected chi connectivity index (χ2v) is 2.61. The van der Waals surface area contributed by atoms with Gasteiger partial charge in [-0.05, 0) is 18.1 Å². The maximum Gasteiger partial charge on any atom is 0.162 e. The first kappa shape index (κ1) is 5.79. The van der Waals surface area contributed by atoms with Gasteiger partial charge in [0.1, 0.15) is 5.54 Å². The largest absolute Gasteiger partial charge is 0.394 e. The molecule has 0 radical (unpaired) electrons. The Morgan fingerprint density at radius 3 is 2.80 bits per heavy atom. The lowest BCUT2D eigenvalue weighted by atomic mass is 10.3. The van der Waals surface area contributed by atoms with Crippen LogP contribution in [0.3, 0.4) is 0 Å². The lowest BCUT2D eigenvalue weighted by Gasteiger charge is -2.07. The third-order valence-electron chi connectivity index (χ3n) is 1.89. The molecule has 1 aliphatic carbocycles. The number of aromatic nitrogens is 4. The third-order valence-corrected chi connectivity index (χ3v) is 1.89. The first-order valence-electron chi connectivity index (χ1n) is 3.22. The summed E-state index contributed by atoms with van der Waals surface area (Å²) in [5.74, 6) is 0. The Kier molecular flexibility index (Phi) is 1.02. The highest BCUT2D eigenvalue weighted by molar-refractivity contribution is 4.95. The smallest absolute Gasteiger partial charge is 0.162 e. The molecule has 0 aliphatic heterocycles. The Morgan fingerprint density at radius 2 is 2.40 bits per heavy atom. The van der Waals surface area contributed by atoms with Crippen molar-refractivity contribution in [1.82, 2.24) is 20.2 Å². The lowest BCUT2D eigenvalue weighted by molar-refractivity contribution is 0.187. The summed E-state index contributed by atoms with van der Waals surface area (Å²) in [5, 5.41) is 20.0. The minimum atomic E-state index is -0.198. The second-order valence-electron chi connectivity index (χ2n) is 2.61. The van der Waals surface area contributed by atoms with Crippen molar-refractivity contribution in [1.29, 1.82) is 0 Å². The molecule has 0 aromatic carbocycles. The standard InChI is InChI=1S/C5H8N4O/c10-3-5(1-2-5)9-7-4-6-8-9/h4,10H,1-3H2. The van der Waals surface area contributed by atoms with Gasteiger partial charge in [-0.15, -0.1) is 10.2 Å². The number of tetrazole rings is 1. The van der Waals surface area contributed by atoms with Crippen molar-refractivity contribution in [2.45, 2.75) is 18.4 Å². The molecule has 1 aromatic heterocycles. The van der Waals surface area contributed by atoms with Crippen LogP contribution in [0.1, 0.15) is 12.8 Å². The SMILES string of the molecule is OCC1(n2ncnn2)CC1. The molecule has 1 fully saturated rings. The van der Waals surface area contributed by atoms with Crippen molar-refractivity contribution in [3.8, 4) is 0 Å². The predicted molar refractivity (Wildman–Crippen MR) is 32.1 cm³/mol. The number of aliphatic hydroxyl groups excluding tert-OH is 1. The number of hydrogen-bond acceptors (Lipinski definition) is 4. The molecule has 1 N–H and O–H groups in total. The van der Waals surface area contributed by atoms with Gasteiger partial charge in [-0.25, -0.2) is 0 Å². The van der Waals surface area contributed by atoms with E-state index in [1.165, 1.54) is 11.1 Å². The highest BCUT2D eigenvalue weighted by Gasteiger charge is 2.46. The van der Waals surface area contributed by atoms with E-state index < -0.39 is 0 Å². The quantitative estimate of drug-likeness (QED) is 0.581. The van der Waals surface area contributed by atoms with Crippen molar-refractivity contribution in [2.24, 2.45) is 0 Å². The highest BCUT2D eigenvalue weighted by atomic mass is 16.3. The lowest BCUT2D eigenvalue weighted by Crippen LogP contribution is -2.24. The van der Waals surface area contributed by atoms with Gasteiger partial charge in [-0.2, -0.15) is 4.80 Å². The molecule has 1 heterocycles. The molecule has 0 unspecified atom stereocenters. The molecule has 2 rings (SSSR count). The molecule has 1 aliphatic rings. The molecule has 54 valence electrons. The van der Waals surface area contributed by atoms with E-state index in [2.05, 4.69) is 15.4 Å². The molecule has 0 atom stereocenters. The van der Waals surface area contributed by atoms with Gasteiger partial charge in [0.25, 0.3) is 0 Å². The summed E-state index contributed by atoms with van der Waals surface area (Å²) in [5.41, 5.74) is -0.198. The van der Waals surface area contributed by atoms with E-state index in [9.17, 15) is 0 Å². The zero-order valence-electron chi connectivity index (χ0n) is 5.43. The summed E-state index contributed by atoms with van der Waals surface area (Å²) in [4.78, 5) is 1.49. The summed E-state index contributed by atoms with van der Waals surface area (Å²) in [7, 11) is 0. The van der Waals surface area contributed by atoms with E-state index in [0.29, 0.717) is 0 Å². The maximum atomic E-state index is 8.90. The Balaban J connectivity index is 2.27. The van der Waals surface area contributed by atoms with Crippen molar-refractivity contribution in [2.75, 3.05) is 6.61 Å². The zero-order chi connectivity index (χ0) is 7.03. The summed E-state index contributed by atoms with van der Waals surface area (Å²) >= 11 is 0. The van der Waals surface area contributed by atoms with Crippen LogP contribution in [-0.2, 0) is 5.54 Å². The molecule has 5 nitrogen and oxygen atoms in total. The first-order chi connectivity index (χ1) is 4.87. The Labute approximate surface area is 57.7 Å². The van der Waals surface area contributed by atoms with Gasteiger partial charge in [0, 0.05) is 0 Å². The molecule has 5 heteroatoms. The van der Waals surface area contributed by atoms with E-state index >= 15 is 0 Å². The van der Waals surface area contributed by atoms with Crippen molar-refractivity contribution >= 4 is 0 Å². The summed E-state index contributed by atoms with van der Waals surface area (Å²) in [6, 6.07) is 0. The van der Waals surface area contributed by atoms with Crippen LogP contribution in [0.15, 0.2) is 6.33 Å². The third kappa shape index (κ3) is 0.637. The van der Waals surface area contributed by atoms with E-state index in [4.69, 9.17) is 5.11 Å². The van der Waals surface area contributed by atoms with Gasteiger partial charge in [0.05, 0.1) is 6.61 Å². The van der Waals surface area contributed by atoms with E-state index in [1.807, 2.05) is 0 Å². The van der Waals surface area contributed by atoms with Crippen LogP contribution in [0.2, 0.25) is 0 Å². The summed E-state index contributed by atoms with van der Waals surface area (Å²) < 4.78 is 0. The predicted octanol–water partition coefficient (Wildman–Crippen LogP) is -0.846. The van der Waals surface area contributed by atoms with Gasteiger partial charge in [0.2, 0.25) is 0 Å². The minimum Gasteiger partial charge on any atom is -0.394 e. The first-order valence-corrected chi connectivity index (χ1v) is 3.22. The topological polar surface area (TPSA) is 63.8 Å². The molecule has 0 spiro atoms. The Morgan fingerprint density at radius 1 is 1.60 bits per heavy atom. The fraction of sp³-hybridized carbons (Fsp3) is 0.800. The zero-order valence-corrected chi connectivity index (χ0v) is 5.43. The van der Waals surface area contributed by atoms with E-state index in [1.54, 1.807) is 0 Å². The van der Waals surface area contributed by atoms with Crippen LogP contribution < -0.4 is 0 Å². The van der Waals surface area contributed by atoms with Crippen LogP contribution in [0.5, 0.6) is 0 Å². The van der Waals surface area contributed by atoms with Gasteiger partial charge >= 0.3 is 0 Å². The Bertz CT molecular complexity index is 216. The number of rotatable bonds is 2. The van der Waals surface area contributed by atoms with Crippen molar-refractivity contribution in [3.63, 3.8) is 0 Å². The molecule has 1 aromatic rings. The van der Waals surface area contributed by atoms with Crippen LogP contribution >= 0.6 is 0 Å². The fourth-order valence-corrected chi connectivity index (χ4v) is 0.950. The van der Waals surface area contributed by atoms with Gasteiger partial charge < -0.3 is 5.11 Å². The molecule has 10 heavy (non-hydrogen) atoms. The van der Waals surface area contributed by atoms with E-state index in [-0.39, 0.29) is 12.1 Å². The number of nitrogens with zero attached hydrogens (tertiary/aromatic N) is 4. The normalized spacial score (nSPS) is 20.9. The Hall–Kier alpha value is -0.970. The van der Waals surface area contributed by atoms with Crippen LogP contribution in [0.4, 0.5) is 0 Å². The van der Waals surface area contributed by atoms with Crippen LogP contribution in [0.25, 0.3) is 0 Å². The minimum absolute atomic E-state index is 0.114. The maximum absolute atomic E-state index is 8.90. The molecule has 0 saturated heterocycles. The van der Waals surface area contributed by atoms with Gasteiger partial charge in [-0.3, -0.25) is 0 Å². The van der Waals surface area contributed by atoms with Crippen LogP contribution in [-0.4, -0.2) is 31.9 Å². The van der Waals surface area contributed by atoms with Gasteiger partial charge in [-0.1, -0.05) is 0 Å². The average molecular weight is 140 g/mol. The second kappa shape index (κ2) is 1.76. The van der Waals surface area contributed by atoms with Gasteiger partial charge in [0.15, 0.2) is 6.33 Å². The van der Waals surface area contributed by atoms with Crippen LogP contribution in [0, 0.1) is 0 Å². The molecular weight excluding hydrogens is 132 g/mol.